The third kappa shape index (κ3) is 3.44. The molecule has 1 atom stereocenters. The van der Waals surface area contributed by atoms with E-state index >= 15 is 0 Å². The van der Waals surface area contributed by atoms with Crippen molar-refractivity contribution >= 4 is 17.8 Å². The summed E-state index contributed by atoms with van der Waals surface area (Å²) in [6.45, 7) is 1.96. The summed E-state index contributed by atoms with van der Waals surface area (Å²) in [5, 5.41) is 8.67. The van der Waals surface area contributed by atoms with Gasteiger partial charge in [0, 0.05) is 45.8 Å². The lowest BCUT2D eigenvalue weighted by Gasteiger charge is -2.44. The number of urea groups is 1. The van der Waals surface area contributed by atoms with Crippen molar-refractivity contribution in [2.75, 3.05) is 40.8 Å². The van der Waals surface area contributed by atoms with E-state index in [1.165, 1.54) is 0 Å². The summed E-state index contributed by atoms with van der Waals surface area (Å²) < 4.78 is 0. The normalized spacial score (nSPS) is 19.2. The molecule has 4 amide bonds. The fraction of sp³-hybridized carbons (Fsp3) is 0.550. The van der Waals surface area contributed by atoms with Crippen molar-refractivity contribution in [2.45, 2.75) is 24.9 Å². The molecule has 152 valence electrons. The first-order valence-corrected chi connectivity index (χ1v) is 9.71. The minimum atomic E-state index is -0.902. The van der Waals surface area contributed by atoms with Crippen LogP contribution in [0.3, 0.4) is 0 Å². The first-order chi connectivity index (χ1) is 13.5. The molecule has 0 saturated carbocycles. The van der Waals surface area contributed by atoms with Crippen molar-refractivity contribution in [1.29, 1.82) is 0 Å². The molecule has 3 N–H and O–H groups in total. The maximum absolute atomic E-state index is 13.0. The second-order valence-electron chi connectivity index (χ2n) is 7.44. The molecular weight excluding hydrogens is 358 g/mol. The molecule has 2 heterocycles. The number of rotatable bonds is 5. The van der Waals surface area contributed by atoms with Gasteiger partial charge < -0.3 is 25.8 Å². The average molecular weight is 387 g/mol. The summed E-state index contributed by atoms with van der Waals surface area (Å²) in [6, 6.07) is 7.47. The molecule has 3 rings (SSSR count). The van der Waals surface area contributed by atoms with E-state index in [2.05, 4.69) is 16.0 Å². The third-order valence-corrected chi connectivity index (χ3v) is 6.11. The molecule has 1 saturated heterocycles. The van der Waals surface area contributed by atoms with E-state index in [0.29, 0.717) is 44.6 Å². The first kappa shape index (κ1) is 20.1. The van der Waals surface area contributed by atoms with E-state index in [1.807, 2.05) is 24.3 Å². The van der Waals surface area contributed by atoms with Crippen LogP contribution >= 0.6 is 0 Å². The molecule has 2 aliphatic heterocycles. The lowest BCUT2D eigenvalue weighted by Crippen LogP contribution is -2.66. The maximum Gasteiger partial charge on any atom is 0.317 e. The van der Waals surface area contributed by atoms with Crippen LogP contribution in [-0.4, -0.2) is 74.0 Å². The number of nitrogens with zero attached hydrogens (tertiary/aromatic N) is 2. The van der Waals surface area contributed by atoms with Crippen LogP contribution in [-0.2, 0) is 11.3 Å². The Morgan fingerprint density at radius 1 is 1.11 bits per heavy atom. The van der Waals surface area contributed by atoms with Gasteiger partial charge in [-0.2, -0.15) is 0 Å². The minimum Gasteiger partial charge on any atom is -0.357 e. The Morgan fingerprint density at radius 3 is 2.36 bits per heavy atom. The third-order valence-electron chi connectivity index (χ3n) is 6.11. The molecule has 2 aliphatic rings. The summed E-state index contributed by atoms with van der Waals surface area (Å²) in [5.41, 5.74) is 0.795. The standard InChI is InChI=1S/C20H29N5O3/c1-21-18(27)20(23-3,15-8-10-24(11-9-15)19(28)22-2)13-25-12-14-6-4-5-7-16(14)17(25)26/h4-7,15,23H,8-13H2,1-3H3,(H,21,27)(H,22,28). The summed E-state index contributed by atoms with van der Waals surface area (Å²) in [5.74, 6) is -0.158. The molecule has 1 aromatic carbocycles. The van der Waals surface area contributed by atoms with Gasteiger partial charge in [-0.1, -0.05) is 18.2 Å². The second-order valence-corrected chi connectivity index (χ2v) is 7.44. The first-order valence-electron chi connectivity index (χ1n) is 9.71. The van der Waals surface area contributed by atoms with Crippen LogP contribution < -0.4 is 16.0 Å². The minimum absolute atomic E-state index is 0.00914. The molecule has 28 heavy (non-hydrogen) atoms. The van der Waals surface area contributed by atoms with Gasteiger partial charge in [0.25, 0.3) is 5.91 Å². The molecule has 0 bridgehead atoms. The Labute approximate surface area is 165 Å². The fourth-order valence-electron chi connectivity index (χ4n) is 4.48. The monoisotopic (exact) mass is 387 g/mol. The van der Waals surface area contributed by atoms with Crippen molar-refractivity contribution in [1.82, 2.24) is 25.8 Å². The lowest BCUT2D eigenvalue weighted by atomic mass is 9.76. The molecule has 8 heteroatoms. The van der Waals surface area contributed by atoms with E-state index in [9.17, 15) is 14.4 Å². The summed E-state index contributed by atoms with van der Waals surface area (Å²) in [7, 11) is 5.01. The maximum atomic E-state index is 13.0. The zero-order valence-electron chi connectivity index (χ0n) is 16.7. The number of benzene rings is 1. The van der Waals surface area contributed by atoms with E-state index in [1.54, 1.807) is 30.9 Å². The second kappa shape index (κ2) is 8.18. The molecule has 1 aromatic rings. The molecule has 0 spiro atoms. The Bertz CT molecular complexity index is 760. The van der Waals surface area contributed by atoms with Crippen LogP contribution in [0.4, 0.5) is 4.79 Å². The van der Waals surface area contributed by atoms with Gasteiger partial charge in [-0.25, -0.2) is 4.79 Å². The van der Waals surface area contributed by atoms with Crippen molar-refractivity contribution in [3.8, 4) is 0 Å². The highest BCUT2D eigenvalue weighted by molar-refractivity contribution is 5.99. The largest absolute Gasteiger partial charge is 0.357 e. The number of hydrogen-bond acceptors (Lipinski definition) is 4. The number of hydrogen-bond donors (Lipinski definition) is 3. The summed E-state index contributed by atoms with van der Waals surface area (Å²) in [6.07, 6.45) is 1.38. The van der Waals surface area contributed by atoms with Crippen LogP contribution in [0.15, 0.2) is 24.3 Å². The van der Waals surface area contributed by atoms with E-state index in [-0.39, 0.29) is 23.8 Å². The highest BCUT2D eigenvalue weighted by atomic mass is 16.2. The van der Waals surface area contributed by atoms with Crippen LogP contribution in [0.25, 0.3) is 0 Å². The van der Waals surface area contributed by atoms with Gasteiger partial charge in [-0.15, -0.1) is 0 Å². The number of fused-ring (bicyclic) bond motifs is 1. The highest BCUT2D eigenvalue weighted by Gasteiger charge is 2.48. The fourth-order valence-corrected chi connectivity index (χ4v) is 4.48. The highest BCUT2D eigenvalue weighted by Crippen LogP contribution is 2.32. The van der Waals surface area contributed by atoms with Gasteiger partial charge in [-0.05, 0) is 37.4 Å². The Balaban J connectivity index is 1.81. The molecule has 0 aliphatic carbocycles. The van der Waals surface area contributed by atoms with Gasteiger partial charge >= 0.3 is 6.03 Å². The van der Waals surface area contributed by atoms with Crippen molar-refractivity contribution in [2.24, 2.45) is 5.92 Å². The van der Waals surface area contributed by atoms with E-state index < -0.39 is 5.54 Å². The van der Waals surface area contributed by atoms with Gasteiger partial charge in [0.2, 0.25) is 5.91 Å². The molecule has 0 aromatic heterocycles. The van der Waals surface area contributed by atoms with E-state index in [0.717, 1.165) is 5.56 Å². The predicted octanol–water partition coefficient (Wildman–Crippen LogP) is 0.398. The number of likely N-dealkylation sites (tertiary alicyclic amines) is 1. The van der Waals surface area contributed by atoms with Crippen molar-refractivity contribution in [3.05, 3.63) is 35.4 Å². The van der Waals surface area contributed by atoms with Gasteiger partial charge in [0.1, 0.15) is 5.54 Å². The molecule has 0 radical (unpaired) electrons. The summed E-state index contributed by atoms with van der Waals surface area (Å²) in [4.78, 5) is 41.3. The number of carbonyl (C=O) groups is 3. The van der Waals surface area contributed by atoms with Crippen LogP contribution in [0.1, 0.15) is 28.8 Å². The Kier molecular flexibility index (Phi) is 5.88. The van der Waals surface area contributed by atoms with E-state index in [4.69, 9.17) is 0 Å². The SMILES string of the molecule is CNC(=O)N1CCC(C(CN2Cc3ccccc3C2=O)(NC)C(=O)NC)CC1. The van der Waals surface area contributed by atoms with Gasteiger partial charge in [0.05, 0.1) is 0 Å². The average Bonchev–Trinajstić information content (AvgIpc) is 3.06. The number of piperidine rings is 1. The van der Waals surface area contributed by atoms with Crippen LogP contribution in [0.2, 0.25) is 0 Å². The summed E-state index contributed by atoms with van der Waals surface area (Å²) >= 11 is 0. The van der Waals surface area contributed by atoms with Crippen molar-refractivity contribution < 1.29 is 14.4 Å². The zero-order valence-corrected chi connectivity index (χ0v) is 16.7. The van der Waals surface area contributed by atoms with Gasteiger partial charge in [-0.3, -0.25) is 9.59 Å². The van der Waals surface area contributed by atoms with Crippen LogP contribution in [0, 0.1) is 5.92 Å². The molecule has 8 nitrogen and oxygen atoms in total. The quantitative estimate of drug-likeness (QED) is 0.682. The number of carbonyl (C=O) groups excluding carboxylic acids is 3. The smallest absolute Gasteiger partial charge is 0.317 e. The zero-order chi connectivity index (χ0) is 20.3. The molecular formula is C20H29N5O3. The predicted molar refractivity (Wildman–Crippen MR) is 106 cm³/mol. The number of nitrogens with one attached hydrogen (secondary N) is 3. The molecule has 1 unspecified atom stereocenters. The topological polar surface area (TPSA) is 93.8 Å². The number of amides is 4. The Hall–Kier alpha value is -2.61. The van der Waals surface area contributed by atoms with Crippen molar-refractivity contribution in [3.63, 3.8) is 0 Å². The van der Waals surface area contributed by atoms with Crippen LogP contribution in [0.5, 0.6) is 0 Å². The van der Waals surface area contributed by atoms with Gasteiger partial charge in [0.15, 0.2) is 0 Å². The Morgan fingerprint density at radius 2 is 1.79 bits per heavy atom. The number of likely N-dealkylation sites (N-methyl/N-ethyl adjacent to an activating group) is 2. The molecule has 1 fully saturated rings. The lowest BCUT2D eigenvalue weighted by molar-refractivity contribution is -0.130.